The molecule has 1 fully saturated rings. The van der Waals surface area contributed by atoms with Gasteiger partial charge in [-0.25, -0.2) is 0 Å². The van der Waals surface area contributed by atoms with Crippen LogP contribution < -0.4 is 0 Å². The van der Waals surface area contributed by atoms with Crippen LogP contribution in [0.5, 0.6) is 0 Å². The zero-order valence-electron chi connectivity index (χ0n) is 14.1. The number of rotatable bonds is 4. The molecule has 120 valence electrons. The molecule has 1 atom stereocenters. The van der Waals surface area contributed by atoms with Crippen molar-refractivity contribution in [2.75, 3.05) is 6.54 Å². The van der Waals surface area contributed by atoms with Crippen molar-refractivity contribution in [1.29, 1.82) is 0 Å². The van der Waals surface area contributed by atoms with Crippen molar-refractivity contribution in [3.8, 4) is 0 Å². The second-order valence-corrected chi connectivity index (χ2v) is 6.53. The lowest BCUT2D eigenvalue weighted by molar-refractivity contribution is 0.219. The minimum Gasteiger partial charge on any atom is -0.424 e. The quantitative estimate of drug-likeness (QED) is 0.869. The first-order valence-electron chi connectivity index (χ1n) is 8.03. The van der Waals surface area contributed by atoms with Gasteiger partial charge in [-0.1, -0.05) is 13.8 Å². The van der Waals surface area contributed by atoms with Crippen molar-refractivity contribution < 1.29 is 4.42 Å². The fourth-order valence-corrected chi connectivity index (χ4v) is 3.35. The van der Waals surface area contributed by atoms with Crippen LogP contribution in [0.25, 0.3) is 0 Å². The molecular weight excluding hydrogens is 278 g/mol. The van der Waals surface area contributed by atoms with Gasteiger partial charge in [-0.15, -0.1) is 10.2 Å². The van der Waals surface area contributed by atoms with Crippen molar-refractivity contribution in [2.45, 2.75) is 59.0 Å². The molecule has 1 aliphatic heterocycles. The lowest BCUT2D eigenvalue weighted by atomic mass is 10.0. The molecule has 1 aliphatic rings. The fourth-order valence-electron chi connectivity index (χ4n) is 3.35. The summed E-state index contributed by atoms with van der Waals surface area (Å²) >= 11 is 0. The molecule has 3 heterocycles. The SMILES string of the molecule is Cc1nn(C)c(C)c1[C@H]1CCCN1Cc1nnc(C(C)C)o1. The van der Waals surface area contributed by atoms with E-state index in [0.29, 0.717) is 6.04 Å². The van der Waals surface area contributed by atoms with E-state index in [4.69, 9.17) is 4.42 Å². The first-order chi connectivity index (χ1) is 10.5. The smallest absolute Gasteiger partial charge is 0.230 e. The third-order valence-corrected chi connectivity index (χ3v) is 4.58. The van der Waals surface area contributed by atoms with Crippen LogP contribution in [0.1, 0.15) is 67.4 Å². The highest BCUT2D eigenvalue weighted by atomic mass is 16.4. The molecule has 3 rings (SSSR count). The lowest BCUT2D eigenvalue weighted by Gasteiger charge is -2.23. The highest BCUT2D eigenvalue weighted by Gasteiger charge is 2.31. The molecule has 0 unspecified atom stereocenters. The normalized spacial score (nSPS) is 19.5. The van der Waals surface area contributed by atoms with Gasteiger partial charge in [0.15, 0.2) is 0 Å². The van der Waals surface area contributed by atoms with E-state index < -0.39 is 0 Å². The largest absolute Gasteiger partial charge is 0.424 e. The van der Waals surface area contributed by atoms with E-state index in [2.05, 4.69) is 47.9 Å². The number of hydrogen-bond acceptors (Lipinski definition) is 5. The first kappa shape index (κ1) is 15.2. The summed E-state index contributed by atoms with van der Waals surface area (Å²) in [6.45, 7) is 10.2. The predicted molar refractivity (Wildman–Crippen MR) is 83.5 cm³/mol. The highest BCUT2D eigenvalue weighted by Crippen LogP contribution is 2.36. The highest BCUT2D eigenvalue weighted by molar-refractivity contribution is 5.29. The zero-order chi connectivity index (χ0) is 15.9. The van der Waals surface area contributed by atoms with E-state index in [-0.39, 0.29) is 5.92 Å². The topological polar surface area (TPSA) is 60.0 Å². The van der Waals surface area contributed by atoms with Crippen LogP contribution in [0.3, 0.4) is 0 Å². The van der Waals surface area contributed by atoms with E-state index in [1.54, 1.807) is 0 Å². The van der Waals surface area contributed by atoms with Crippen molar-refractivity contribution in [2.24, 2.45) is 7.05 Å². The van der Waals surface area contributed by atoms with Gasteiger partial charge in [-0.05, 0) is 33.2 Å². The Kier molecular flexibility index (Phi) is 4.04. The molecular formula is C16H25N5O. The molecule has 0 bridgehead atoms. The number of likely N-dealkylation sites (tertiary alicyclic amines) is 1. The predicted octanol–water partition coefficient (Wildman–Crippen LogP) is 2.88. The van der Waals surface area contributed by atoms with Gasteiger partial charge in [0.25, 0.3) is 0 Å². The van der Waals surface area contributed by atoms with E-state index >= 15 is 0 Å². The van der Waals surface area contributed by atoms with E-state index in [9.17, 15) is 0 Å². The summed E-state index contributed by atoms with van der Waals surface area (Å²) in [5, 5.41) is 12.9. The molecule has 0 radical (unpaired) electrons. The van der Waals surface area contributed by atoms with Gasteiger partial charge < -0.3 is 4.42 Å². The monoisotopic (exact) mass is 303 g/mol. The maximum absolute atomic E-state index is 5.77. The summed E-state index contributed by atoms with van der Waals surface area (Å²) in [6, 6.07) is 0.406. The van der Waals surface area contributed by atoms with Gasteiger partial charge in [0.1, 0.15) is 0 Å². The summed E-state index contributed by atoms with van der Waals surface area (Å²) in [4.78, 5) is 2.44. The minimum absolute atomic E-state index is 0.276. The van der Waals surface area contributed by atoms with Crippen molar-refractivity contribution in [1.82, 2.24) is 24.9 Å². The molecule has 2 aromatic heterocycles. The van der Waals surface area contributed by atoms with Gasteiger partial charge in [0.2, 0.25) is 11.8 Å². The molecule has 0 aromatic carbocycles. The Hall–Kier alpha value is -1.69. The van der Waals surface area contributed by atoms with Crippen LogP contribution in [0.15, 0.2) is 4.42 Å². The Balaban J connectivity index is 1.81. The third-order valence-electron chi connectivity index (χ3n) is 4.58. The second-order valence-electron chi connectivity index (χ2n) is 6.53. The lowest BCUT2D eigenvalue weighted by Crippen LogP contribution is -2.23. The van der Waals surface area contributed by atoms with E-state index in [0.717, 1.165) is 30.6 Å². The van der Waals surface area contributed by atoms with Crippen LogP contribution in [0.4, 0.5) is 0 Å². The molecule has 2 aromatic rings. The van der Waals surface area contributed by atoms with Crippen LogP contribution in [-0.2, 0) is 13.6 Å². The molecule has 0 amide bonds. The number of hydrogen-bond donors (Lipinski definition) is 0. The van der Waals surface area contributed by atoms with Crippen LogP contribution in [-0.4, -0.2) is 31.4 Å². The van der Waals surface area contributed by atoms with Crippen LogP contribution >= 0.6 is 0 Å². The molecule has 22 heavy (non-hydrogen) atoms. The summed E-state index contributed by atoms with van der Waals surface area (Å²) in [5.41, 5.74) is 3.75. The van der Waals surface area contributed by atoms with Crippen LogP contribution in [0.2, 0.25) is 0 Å². The van der Waals surface area contributed by atoms with Gasteiger partial charge >= 0.3 is 0 Å². The Labute approximate surface area is 131 Å². The van der Waals surface area contributed by atoms with Gasteiger partial charge in [0.05, 0.1) is 12.2 Å². The Morgan fingerprint density at radius 2 is 2.05 bits per heavy atom. The molecule has 1 saturated heterocycles. The zero-order valence-corrected chi connectivity index (χ0v) is 14.1. The van der Waals surface area contributed by atoms with E-state index in [1.165, 1.54) is 24.1 Å². The van der Waals surface area contributed by atoms with Crippen molar-refractivity contribution >= 4 is 0 Å². The molecule has 6 heteroatoms. The van der Waals surface area contributed by atoms with Gasteiger partial charge in [-0.3, -0.25) is 9.58 Å². The molecule has 0 aliphatic carbocycles. The maximum atomic E-state index is 5.77. The summed E-state index contributed by atoms with van der Waals surface area (Å²) in [5.74, 6) is 1.72. The molecule has 0 saturated carbocycles. The van der Waals surface area contributed by atoms with Crippen molar-refractivity contribution in [3.05, 3.63) is 28.7 Å². The third kappa shape index (κ3) is 2.67. The Morgan fingerprint density at radius 1 is 1.27 bits per heavy atom. The van der Waals surface area contributed by atoms with Crippen LogP contribution in [0, 0.1) is 13.8 Å². The number of aryl methyl sites for hydroxylation is 2. The summed E-state index contributed by atoms with van der Waals surface area (Å²) < 4.78 is 7.75. The maximum Gasteiger partial charge on any atom is 0.230 e. The minimum atomic E-state index is 0.276. The number of aromatic nitrogens is 4. The average Bonchev–Trinajstić information content (AvgIpc) is 3.14. The average molecular weight is 303 g/mol. The summed E-state index contributed by atoms with van der Waals surface area (Å²) in [7, 11) is 2.01. The second kappa shape index (κ2) is 5.83. The Bertz CT molecular complexity index is 658. The first-order valence-corrected chi connectivity index (χ1v) is 8.03. The molecule has 0 spiro atoms. The van der Waals surface area contributed by atoms with E-state index in [1.807, 2.05) is 11.7 Å². The summed E-state index contributed by atoms with van der Waals surface area (Å²) in [6.07, 6.45) is 2.36. The van der Waals surface area contributed by atoms with Crippen molar-refractivity contribution in [3.63, 3.8) is 0 Å². The standard InChI is InChI=1S/C16H25N5O/c1-10(2)16-18-17-14(22-16)9-21-8-6-7-13(21)15-11(3)19-20(5)12(15)4/h10,13H,6-9H2,1-5H3/t13-/m1/s1. The number of nitrogens with zero attached hydrogens (tertiary/aromatic N) is 5. The molecule has 0 N–H and O–H groups in total. The van der Waals surface area contributed by atoms with Gasteiger partial charge in [-0.2, -0.15) is 5.10 Å². The molecule has 6 nitrogen and oxygen atoms in total. The fraction of sp³-hybridized carbons (Fsp3) is 0.688. The Morgan fingerprint density at radius 3 is 2.64 bits per heavy atom. The van der Waals surface area contributed by atoms with Gasteiger partial charge in [0, 0.05) is 30.3 Å².